The molecule has 0 saturated heterocycles. The highest BCUT2D eigenvalue weighted by atomic mass is 35.5. The number of nitrogens with two attached hydrogens (primary N) is 1. The van der Waals surface area contributed by atoms with Crippen LogP contribution in [0, 0.1) is 0 Å². The summed E-state index contributed by atoms with van der Waals surface area (Å²) in [6.45, 7) is 1.34. The molecule has 0 aliphatic carbocycles. The molecule has 0 aliphatic heterocycles. The summed E-state index contributed by atoms with van der Waals surface area (Å²) in [6, 6.07) is 24.0. The first-order valence-corrected chi connectivity index (χ1v) is 10.6. The van der Waals surface area contributed by atoms with Gasteiger partial charge in [0.05, 0.1) is 6.42 Å². The molecule has 0 aromatic heterocycles. The average Bonchev–Trinajstić information content (AvgIpc) is 2.79. The van der Waals surface area contributed by atoms with Crippen molar-refractivity contribution in [2.75, 3.05) is 18.4 Å². The van der Waals surface area contributed by atoms with E-state index >= 15 is 0 Å². The third kappa shape index (κ3) is 6.67. The van der Waals surface area contributed by atoms with Crippen LogP contribution >= 0.6 is 11.6 Å². The van der Waals surface area contributed by atoms with Gasteiger partial charge in [-0.05, 0) is 54.4 Å². The molecule has 3 rings (SSSR count). The molecule has 0 bridgehead atoms. The van der Waals surface area contributed by atoms with E-state index in [9.17, 15) is 9.59 Å². The first-order valence-electron chi connectivity index (χ1n) is 10.2. The second-order valence-electron chi connectivity index (χ2n) is 7.25. The van der Waals surface area contributed by atoms with Crippen molar-refractivity contribution in [3.8, 4) is 0 Å². The van der Waals surface area contributed by atoms with Gasteiger partial charge in [0.2, 0.25) is 5.91 Å². The number of anilines is 1. The Morgan fingerprint density at radius 2 is 1.61 bits per heavy atom. The molecule has 0 aliphatic rings. The average molecular weight is 436 g/mol. The maximum absolute atomic E-state index is 13.0. The molecular weight excluding hydrogens is 410 g/mol. The molecule has 5 nitrogen and oxygen atoms in total. The quantitative estimate of drug-likeness (QED) is 0.519. The minimum absolute atomic E-state index is 0.0800. The molecule has 2 amide bonds. The van der Waals surface area contributed by atoms with Crippen molar-refractivity contribution >= 4 is 29.1 Å². The molecule has 0 fully saturated rings. The largest absolute Gasteiger partial charge is 0.334 e. The van der Waals surface area contributed by atoms with Gasteiger partial charge in [0.1, 0.15) is 0 Å². The zero-order valence-corrected chi connectivity index (χ0v) is 18.0. The lowest BCUT2D eigenvalue weighted by Gasteiger charge is -2.24. The van der Waals surface area contributed by atoms with Gasteiger partial charge in [-0.2, -0.15) is 0 Å². The number of amides is 2. The van der Waals surface area contributed by atoms with Crippen LogP contribution in [-0.4, -0.2) is 29.8 Å². The Labute approximate surface area is 187 Å². The van der Waals surface area contributed by atoms with Gasteiger partial charge in [0.15, 0.2) is 0 Å². The molecule has 160 valence electrons. The van der Waals surface area contributed by atoms with Gasteiger partial charge >= 0.3 is 0 Å². The highest BCUT2D eigenvalue weighted by Crippen LogP contribution is 2.23. The van der Waals surface area contributed by atoms with Crippen molar-refractivity contribution in [3.63, 3.8) is 0 Å². The second kappa shape index (κ2) is 11.3. The molecule has 3 N–H and O–H groups in total. The van der Waals surface area contributed by atoms with Gasteiger partial charge in [-0.1, -0.05) is 60.1 Å². The van der Waals surface area contributed by atoms with Crippen molar-refractivity contribution in [2.24, 2.45) is 5.73 Å². The topological polar surface area (TPSA) is 75.4 Å². The van der Waals surface area contributed by atoms with E-state index in [0.717, 1.165) is 11.1 Å². The molecule has 31 heavy (non-hydrogen) atoms. The van der Waals surface area contributed by atoms with Crippen molar-refractivity contribution in [1.29, 1.82) is 0 Å². The monoisotopic (exact) mass is 435 g/mol. The first kappa shape index (κ1) is 22.5. The van der Waals surface area contributed by atoms with E-state index in [-0.39, 0.29) is 18.2 Å². The van der Waals surface area contributed by atoms with E-state index in [4.69, 9.17) is 17.3 Å². The fourth-order valence-electron chi connectivity index (χ4n) is 3.26. The molecule has 0 spiro atoms. The van der Waals surface area contributed by atoms with Gasteiger partial charge < -0.3 is 16.0 Å². The number of nitrogens with zero attached hydrogens (tertiary/aromatic N) is 1. The van der Waals surface area contributed by atoms with Crippen LogP contribution in [0.15, 0.2) is 78.9 Å². The van der Waals surface area contributed by atoms with E-state index in [2.05, 4.69) is 5.32 Å². The van der Waals surface area contributed by atoms with E-state index in [1.54, 1.807) is 29.2 Å². The third-order valence-electron chi connectivity index (χ3n) is 4.84. The Kier molecular flexibility index (Phi) is 8.21. The zero-order chi connectivity index (χ0) is 22.1. The number of hydrogen-bond acceptors (Lipinski definition) is 3. The lowest BCUT2D eigenvalue weighted by molar-refractivity contribution is -0.115. The summed E-state index contributed by atoms with van der Waals surface area (Å²) in [5.74, 6) is -0.191. The normalized spacial score (nSPS) is 10.5. The third-order valence-corrected chi connectivity index (χ3v) is 5.21. The Hall–Kier alpha value is -3.15. The number of nitrogens with one attached hydrogen (secondary N) is 1. The molecule has 0 heterocycles. The lowest BCUT2D eigenvalue weighted by Crippen LogP contribution is -2.32. The van der Waals surface area contributed by atoms with E-state index in [1.165, 1.54) is 0 Å². The van der Waals surface area contributed by atoms with Gasteiger partial charge in [0, 0.05) is 29.4 Å². The molecule has 0 saturated carbocycles. The zero-order valence-electron chi connectivity index (χ0n) is 17.3. The van der Waals surface area contributed by atoms with Gasteiger partial charge in [-0.25, -0.2) is 0 Å². The predicted octanol–water partition coefficient (Wildman–Crippen LogP) is 4.51. The van der Waals surface area contributed by atoms with Gasteiger partial charge in [-0.15, -0.1) is 0 Å². The molecule has 0 unspecified atom stereocenters. The maximum Gasteiger partial charge on any atom is 0.254 e. The summed E-state index contributed by atoms with van der Waals surface area (Å²) < 4.78 is 0. The number of halogens is 1. The Morgan fingerprint density at radius 1 is 0.935 bits per heavy atom. The standard InChI is InChI=1S/C25H26ClN3O2/c26-23-13-12-22(28-24(30)16-19-8-3-1-4-9-19)17-21(23)18-29(15-7-14-27)25(31)20-10-5-2-6-11-20/h1-6,8-13,17H,7,14-16,18,27H2,(H,28,30). The van der Waals surface area contributed by atoms with Crippen molar-refractivity contribution in [1.82, 2.24) is 4.90 Å². The molecule has 0 atom stereocenters. The summed E-state index contributed by atoms with van der Waals surface area (Å²) in [5.41, 5.74) is 8.63. The van der Waals surface area contributed by atoms with Crippen LogP contribution in [0.3, 0.4) is 0 Å². The van der Waals surface area contributed by atoms with Crippen molar-refractivity contribution < 1.29 is 9.59 Å². The highest BCUT2D eigenvalue weighted by molar-refractivity contribution is 6.31. The van der Waals surface area contributed by atoms with Crippen LogP contribution in [-0.2, 0) is 17.8 Å². The number of carbonyl (C=O) groups is 2. The summed E-state index contributed by atoms with van der Waals surface area (Å²) in [7, 11) is 0. The Morgan fingerprint density at radius 3 is 2.29 bits per heavy atom. The summed E-state index contributed by atoms with van der Waals surface area (Å²) in [6.07, 6.45) is 0.970. The number of rotatable bonds is 9. The smallest absolute Gasteiger partial charge is 0.254 e. The van der Waals surface area contributed by atoms with E-state index in [0.29, 0.717) is 42.3 Å². The fraction of sp³-hybridized carbons (Fsp3) is 0.200. The number of hydrogen-bond donors (Lipinski definition) is 2. The maximum atomic E-state index is 13.0. The van der Waals surface area contributed by atoms with Crippen molar-refractivity contribution in [3.05, 3.63) is 101 Å². The Balaban J connectivity index is 1.74. The second-order valence-corrected chi connectivity index (χ2v) is 7.66. The van der Waals surface area contributed by atoms with E-state index < -0.39 is 0 Å². The predicted molar refractivity (Wildman–Crippen MR) is 125 cm³/mol. The minimum atomic E-state index is -0.111. The summed E-state index contributed by atoms with van der Waals surface area (Å²) in [5, 5.41) is 3.46. The molecule has 0 radical (unpaired) electrons. The molecule has 3 aromatic carbocycles. The molecule has 6 heteroatoms. The summed E-state index contributed by atoms with van der Waals surface area (Å²) in [4.78, 5) is 27.2. The SMILES string of the molecule is NCCCN(Cc1cc(NC(=O)Cc2ccccc2)ccc1Cl)C(=O)c1ccccc1. The minimum Gasteiger partial charge on any atom is -0.334 e. The lowest BCUT2D eigenvalue weighted by atomic mass is 10.1. The van der Waals surface area contributed by atoms with Crippen LogP contribution in [0.4, 0.5) is 5.69 Å². The van der Waals surface area contributed by atoms with Crippen LogP contribution < -0.4 is 11.1 Å². The highest BCUT2D eigenvalue weighted by Gasteiger charge is 2.17. The fourth-order valence-corrected chi connectivity index (χ4v) is 3.44. The van der Waals surface area contributed by atoms with Gasteiger partial charge in [-0.3, -0.25) is 9.59 Å². The Bertz CT molecular complexity index is 1010. The first-order chi connectivity index (χ1) is 15.1. The van der Waals surface area contributed by atoms with E-state index in [1.807, 2.05) is 54.6 Å². The molecular formula is C25H26ClN3O2. The van der Waals surface area contributed by atoms with Crippen LogP contribution in [0.2, 0.25) is 5.02 Å². The van der Waals surface area contributed by atoms with Gasteiger partial charge in [0.25, 0.3) is 5.91 Å². The van der Waals surface area contributed by atoms with Crippen LogP contribution in [0.25, 0.3) is 0 Å². The van der Waals surface area contributed by atoms with Crippen molar-refractivity contribution in [2.45, 2.75) is 19.4 Å². The van der Waals surface area contributed by atoms with Crippen LogP contribution in [0.5, 0.6) is 0 Å². The van der Waals surface area contributed by atoms with Crippen LogP contribution in [0.1, 0.15) is 27.9 Å². The number of benzene rings is 3. The summed E-state index contributed by atoms with van der Waals surface area (Å²) >= 11 is 6.42. The number of carbonyl (C=O) groups excluding carboxylic acids is 2. The molecule has 3 aromatic rings.